The van der Waals surface area contributed by atoms with Crippen LogP contribution in [0.4, 0.5) is 24.5 Å². The zero-order valence-electron chi connectivity index (χ0n) is 9.46. The lowest BCUT2D eigenvalue weighted by Crippen LogP contribution is -2.13. The summed E-state index contributed by atoms with van der Waals surface area (Å²) in [6, 6.07) is 1.35. The molecule has 0 radical (unpaired) electrons. The highest BCUT2D eigenvalue weighted by Crippen LogP contribution is 2.38. The van der Waals surface area contributed by atoms with Gasteiger partial charge < -0.3 is 5.32 Å². The third-order valence-corrected chi connectivity index (χ3v) is 2.16. The van der Waals surface area contributed by atoms with Gasteiger partial charge in [0.15, 0.2) is 0 Å². The van der Waals surface area contributed by atoms with Crippen molar-refractivity contribution in [2.45, 2.75) is 20.0 Å². The molecular weight excluding hydrogens is 253 g/mol. The smallest absolute Gasteiger partial charge is 0.326 e. The largest absolute Gasteiger partial charge is 0.423 e. The van der Waals surface area contributed by atoms with Gasteiger partial charge in [0.05, 0.1) is 4.92 Å². The van der Waals surface area contributed by atoms with Crippen LogP contribution in [0.5, 0.6) is 0 Å². The molecule has 5 nitrogen and oxygen atoms in total. The second kappa shape index (κ2) is 4.63. The Hall–Kier alpha value is -2.12. The van der Waals surface area contributed by atoms with Gasteiger partial charge in [-0.1, -0.05) is 0 Å². The second-order valence-electron chi connectivity index (χ2n) is 3.62. The van der Waals surface area contributed by atoms with Crippen LogP contribution in [-0.2, 0) is 11.0 Å². The number of nitro benzene ring substituents is 1. The number of anilines is 1. The van der Waals surface area contributed by atoms with Crippen molar-refractivity contribution in [1.29, 1.82) is 0 Å². The van der Waals surface area contributed by atoms with Gasteiger partial charge in [0.25, 0.3) is 5.69 Å². The molecule has 0 heterocycles. The Morgan fingerprint density at radius 3 is 2.33 bits per heavy atom. The van der Waals surface area contributed by atoms with Crippen LogP contribution in [-0.4, -0.2) is 10.8 Å². The van der Waals surface area contributed by atoms with Gasteiger partial charge in [-0.05, 0) is 18.6 Å². The molecule has 0 aliphatic carbocycles. The van der Waals surface area contributed by atoms with Gasteiger partial charge in [-0.25, -0.2) is 0 Å². The number of carbonyl (C=O) groups is 1. The Balaban J connectivity index is 3.45. The number of hydrogen-bond acceptors (Lipinski definition) is 3. The van der Waals surface area contributed by atoms with Crippen LogP contribution in [0.15, 0.2) is 12.1 Å². The average Bonchev–Trinajstić information content (AvgIpc) is 2.17. The minimum Gasteiger partial charge on any atom is -0.326 e. The summed E-state index contributed by atoms with van der Waals surface area (Å²) in [4.78, 5) is 20.3. The van der Waals surface area contributed by atoms with Gasteiger partial charge >= 0.3 is 6.18 Å². The topological polar surface area (TPSA) is 72.2 Å². The number of rotatable bonds is 2. The Labute approximate surface area is 99.8 Å². The molecule has 0 spiro atoms. The van der Waals surface area contributed by atoms with Crippen molar-refractivity contribution < 1.29 is 22.9 Å². The molecule has 0 aliphatic rings. The molecule has 1 aromatic carbocycles. The molecule has 0 aliphatic heterocycles. The average molecular weight is 262 g/mol. The molecule has 1 aromatic rings. The van der Waals surface area contributed by atoms with Gasteiger partial charge in [-0.2, -0.15) is 13.2 Å². The molecule has 1 amide bonds. The first-order valence-electron chi connectivity index (χ1n) is 4.76. The summed E-state index contributed by atoms with van der Waals surface area (Å²) in [5, 5.41) is 12.8. The summed E-state index contributed by atoms with van der Waals surface area (Å²) in [6.45, 7) is 2.51. The number of hydrogen-bond donors (Lipinski definition) is 1. The van der Waals surface area contributed by atoms with E-state index in [0.717, 1.165) is 13.0 Å². The summed E-state index contributed by atoms with van der Waals surface area (Å²) in [5.74, 6) is -0.555. The first-order chi connectivity index (χ1) is 8.12. The summed E-state index contributed by atoms with van der Waals surface area (Å²) >= 11 is 0. The third-order valence-electron chi connectivity index (χ3n) is 2.16. The van der Waals surface area contributed by atoms with E-state index in [9.17, 15) is 28.1 Å². The number of nitrogens with one attached hydrogen (secondary N) is 1. The summed E-state index contributed by atoms with van der Waals surface area (Å²) < 4.78 is 37.9. The maximum atomic E-state index is 12.6. The molecule has 0 saturated carbocycles. The van der Waals surface area contributed by atoms with E-state index in [1.807, 2.05) is 0 Å². The van der Waals surface area contributed by atoms with E-state index >= 15 is 0 Å². The van der Waals surface area contributed by atoms with Gasteiger partial charge in [0.2, 0.25) is 5.91 Å². The Bertz CT molecular complexity index is 512. The van der Waals surface area contributed by atoms with Crippen molar-refractivity contribution in [3.05, 3.63) is 33.4 Å². The summed E-state index contributed by atoms with van der Waals surface area (Å²) in [6.07, 6.45) is -4.86. The number of aryl methyl sites for hydroxylation is 1. The predicted octanol–water partition coefficient (Wildman–Crippen LogP) is 2.88. The van der Waals surface area contributed by atoms with Crippen molar-refractivity contribution in [1.82, 2.24) is 0 Å². The SMILES string of the molecule is CC(=O)Nc1cc(C(F)(F)F)c([N+](=O)[O-])cc1C. The van der Waals surface area contributed by atoms with Gasteiger partial charge in [0.1, 0.15) is 5.56 Å². The van der Waals surface area contributed by atoms with Crippen LogP contribution < -0.4 is 5.32 Å². The number of nitro groups is 1. The second-order valence-corrected chi connectivity index (χ2v) is 3.62. The molecule has 1 rings (SSSR count). The first-order valence-corrected chi connectivity index (χ1v) is 4.76. The fourth-order valence-corrected chi connectivity index (χ4v) is 1.40. The van der Waals surface area contributed by atoms with Gasteiger partial charge in [-0.3, -0.25) is 14.9 Å². The van der Waals surface area contributed by atoms with E-state index in [1.54, 1.807) is 0 Å². The van der Waals surface area contributed by atoms with E-state index in [0.29, 0.717) is 6.07 Å². The molecule has 0 aromatic heterocycles. The molecule has 18 heavy (non-hydrogen) atoms. The normalized spacial score (nSPS) is 11.2. The van der Waals surface area contributed by atoms with Crippen LogP contribution in [0.2, 0.25) is 0 Å². The number of alkyl halides is 3. The number of halogens is 3. The standard InChI is InChI=1S/C10H9F3N2O3/c1-5-3-9(15(17)18)7(10(11,12)13)4-8(5)14-6(2)16/h3-4H,1-2H3,(H,14,16). The van der Waals surface area contributed by atoms with Crippen LogP contribution in [0.1, 0.15) is 18.1 Å². The molecule has 98 valence electrons. The molecule has 0 unspecified atom stereocenters. The molecule has 0 bridgehead atoms. The minimum absolute atomic E-state index is 0.0968. The van der Waals surface area contributed by atoms with Crippen molar-refractivity contribution in [2.24, 2.45) is 0 Å². The van der Waals surface area contributed by atoms with E-state index < -0.39 is 28.3 Å². The molecule has 8 heteroatoms. The highest BCUT2D eigenvalue weighted by molar-refractivity contribution is 5.90. The van der Waals surface area contributed by atoms with Crippen molar-refractivity contribution in [2.75, 3.05) is 5.32 Å². The van der Waals surface area contributed by atoms with Crippen molar-refractivity contribution in [3.8, 4) is 0 Å². The maximum Gasteiger partial charge on any atom is 0.423 e. The number of carbonyl (C=O) groups excluding carboxylic acids is 1. The lowest BCUT2D eigenvalue weighted by Gasteiger charge is -2.12. The first kappa shape index (κ1) is 13.9. The fourth-order valence-electron chi connectivity index (χ4n) is 1.40. The lowest BCUT2D eigenvalue weighted by molar-refractivity contribution is -0.388. The van der Waals surface area contributed by atoms with E-state index in [-0.39, 0.29) is 11.3 Å². The Kier molecular flexibility index (Phi) is 3.59. The van der Waals surface area contributed by atoms with Gasteiger partial charge in [0, 0.05) is 18.7 Å². The zero-order chi connectivity index (χ0) is 14.1. The summed E-state index contributed by atoms with van der Waals surface area (Å²) in [5.41, 5.74) is -2.33. The van der Waals surface area contributed by atoms with Crippen LogP contribution in [0.3, 0.4) is 0 Å². The Morgan fingerprint density at radius 2 is 1.94 bits per heavy atom. The summed E-state index contributed by atoms with van der Waals surface area (Å²) in [7, 11) is 0. The highest BCUT2D eigenvalue weighted by Gasteiger charge is 2.39. The van der Waals surface area contributed by atoms with E-state index in [2.05, 4.69) is 5.32 Å². The molecule has 0 fully saturated rings. The predicted molar refractivity (Wildman–Crippen MR) is 57.1 cm³/mol. The number of benzene rings is 1. The Morgan fingerprint density at radius 1 is 1.39 bits per heavy atom. The van der Waals surface area contributed by atoms with E-state index in [4.69, 9.17) is 0 Å². The number of nitrogens with zero attached hydrogens (tertiary/aromatic N) is 1. The molecule has 1 N–H and O–H groups in total. The van der Waals surface area contributed by atoms with Crippen molar-refractivity contribution >= 4 is 17.3 Å². The number of amides is 1. The van der Waals surface area contributed by atoms with Gasteiger partial charge in [-0.15, -0.1) is 0 Å². The van der Waals surface area contributed by atoms with Crippen LogP contribution in [0, 0.1) is 17.0 Å². The van der Waals surface area contributed by atoms with Crippen molar-refractivity contribution in [3.63, 3.8) is 0 Å². The molecule has 0 saturated heterocycles. The van der Waals surface area contributed by atoms with Crippen LogP contribution in [0.25, 0.3) is 0 Å². The molecular formula is C10H9F3N2O3. The maximum absolute atomic E-state index is 12.6. The minimum atomic E-state index is -4.86. The molecule has 0 atom stereocenters. The third kappa shape index (κ3) is 2.96. The zero-order valence-corrected chi connectivity index (χ0v) is 9.46. The fraction of sp³-hybridized carbons (Fsp3) is 0.300. The lowest BCUT2D eigenvalue weighted by atomic mass is 10.1. The highest BCUT2D eigenvalue weighted by atomic mass is 19.4. The monoisotopic (exact) mass is 262 g/mol. The van der Waals surface area contributed by atoms with E-state index in [1.165, 1.54) is 6.92 Å². The van der Waals surface area contributed by atoms with Crippen LogP contribution >= 0.6 is 0 Å². The quantitative estimate of drug-likeness (QED) is 0.657.